The molecule has 136 valence electrons. The van der Waals surface area contributed by atoms with Crippen molar-refractivity contribution in [2.24, 2.45) is 0 Å². The van der Waals surface area contributed by atoms with E-state index in [1.165, 1.54) is 11.0 Å². The van der Waals surface area contributed by atoms with E-state index < -0.39 is 21.8 Å². The fourth-order valence-corrected chi connectivity index (χ4v) is 5.13. The maximum Gasteiger partial charge on any atom is 0.266 e. The number of rotatable bonds is 4. The molecule has 0 spiro atoms. The molecule has 0 aromatic heterocycles. The average molecular weight is 429 g/mol. The Bertz CT molecular complexity index is 956. The van der Waals surface area contributed by atoms with E-state index in [-0.39, 0.29) is 22.5 Å². The Morgan fingerprint density at radius 1 is 1.46 bits per heavy atom. The Labute approximate surface area is 165 Å². The van der Waals surface area contributed by atoms with Crippen molar-refractivity contribution < 1.29 is 18.0 Å². The van der Waals surface area contributed by atoms with Crippen molar-refractivity contribution in [3.8, 4) is 0 Å². The monoisotopic (exact) mass is 428 g/mol. The molecule has 1 N–H and O–H groups in total. The first kappa shape index (κ1) is 19.1. The van der Waals surface area contributed by atoms with E-state index in [1.807, 2.05) is 0 Å². The van der Waals surface area contributed by atoms with Crippen molar-refractivity contribution in [3.05, 3.63) is 51.2 Å². The highest BCUT2D eigenvalue weighted by Crippen LogP contribution is 2.32. The van der Waals surface area contributed by atoms with Crippen LogP contribution in [-0.4, -0.2) is 47.8 Å². The van der Waals surface area contributed by atoms with Crippen LogP contribution in [0.1, 0.15) is 5.56 Å². The molecular formula is C16H13ClN2O4S3. The molecule has 0 aliphatic carbocycles. The number of carbonyl (C=O) groups is 2. The zero-order valence-corrected chi connectivity index (χ0v) is 16.4. The second-order valence-electron chi connectivity index (χ2n) is 5.65. The van der Waals surface area contributed by atoms with Gasteiger partial charge in [-0.25, -0.2) is 8.42 Å². The van der Waals surface area contributed by atoms with Crippen LogP contribution in [0.4, 0.5) is 0 Å². The largest absolute Gasteiger partial charge is 0.347 e. The van der Waals surface area contributed by atoms with Crippen LogP contribution in [0, 0.1) is 0 Å². The molecule has 2 aliphatic rings. The van der Waals surface area contributed by atoms with Gasteiger partial charge in [-0.3, -0.25) is 14.5 Å². The number of nitrogens with one attached hydrogen (secondary N) is 1. The molecule has 10 heteroatoms. The Kier molecular flexibility index (Phi) is 5.52. The van der Waals surface area contributed by atoms with Gasteiger partial charge in [0.2, 0.25) is 5.91 Å². The molecule has 0 radical (unpaired) electrons. The number of benzene rings is 1. The predicted molar refractivity (Wildman–Crippen MR) is 106 cm³/mol. The minimum absolute atomic E-state index is 0.175. The molecule has 1 aromatic rings. The van der Waals surface area contributed by atoms with Crippen LogP contribution < -0.4 is 5.32 Å². The number of hydrogen-bond donors (Lipinski definition) is 1. The third-order valence-corrected chi connectivity index (χ3v) is 6.61. The highest BCUT2D eigenvalue weighted by atomic mass is 35.5. The zero-order chi connectivity index (χ0) is 18.9. The summed E-state index contributed by atoms with van der Waals surface area (Å²) < 4.78 is 23.0. The number of thioether (sulfide) groups is 1. The summed E-state index contributed by atoms with van der Waals surface area (Å²) in [4.78, 5) is 26.2. The molecule has 3 rings (SSSR count). The summed E-state index contributed by atoms with van der Waals surface area (Å²) in [7, 11) is -3.26. The van der Waals surface area contributed by atoms with Gasteiger partial charge in [0.25, 0.3) is 5.91 Å². The van der Waals surface area contributed by atoms with E-state index in [0.717, 1.165) is 22.7 Å². The lowest BCUT2D eigenvalue weighted by molar-refractivity contribution is -0.128. The summed E-state index contributed by atoms with van der Waals surface area (Å²) in [6.45, 7) is -0.262. The number of thiocarbonyl (C=S) groups is 1. The number of hydrogen-bond acceptors (Lipinski definition) is 6. The van der Waals surface area contributed by atoms with E-state index in [0.29, 0.717) is 9.93 Å². The molecule has 2 amide bonds. The molecule has 1 atom stereocenters. The molecule has 2 heterocycles. The van der Waals surface area contributed by atoms with Gasteiger partial charge in [0, 0.05) is 10.4 Å². The highest BCUT2D eigenvalue weighted by Gasteiger charge is 2.34. The van der Waals surface area contributed by atoms with Crippen LogP contribution in [0.3, 0.4) is 0 Å². The summed E-state index contributed by atoms with van der Waals surface area (Å²) in [5.41, 5.74) is 0.753. The SMILES string of the molecule is O=C(CN1C(=O)/C(=C/c2cccc(Cl)c2)SC1=S)NC1C=CS(=O)(=O)C1. The van der Waals surface area contributed by atoms with Crippen molar-refractivity contribution >= 4 is 67.6 Å². The lowest BCUT2D eigenvalue weighted by atomic mass is 10.2. The first-order chi connectivity index (χ1) is 12.2. The van der Waals surface area contributed by atoms with Crippen molar-refractivity contribution in [2.75, 3.05) is 12.3 Å². The van der Waals surface area contributed by atoms with Gasteiger partial charge in [0.05, 0.1) is 16.7 Å². The van der Waals surface area contributed by atoms with Crippen LogP contribution >= 0.6 is 35.6 Å². The molecule has 1 unspecified atom stereocenters. The van der Waals surface area contributed by atoms with E-state index in [4.69, 9.17) is 23.8 Å². The van der Waals surface area contributed by atoms with Gasteiger partial charge >= 0.3 is 0 Å². The van der Waals surface area contributed by atoms with Crippen molar-refractivity contribution in [1.29, 1.82) is 0 Å². The van der Waals surface area contributed by atoms with E-state index in [1.54, 1.807) is 30.3 Å². The fraction of sp³-hybridized carbons (Fsp3) is 0.188. The number of sulfone groups is 1. The zero-order valence-electron chi connectivity index (χ0n) is 13.2. The van der Waals surface area contributed by atoms with Crippen LogP contribution in [-0.2, 0) is 19.4 Å². The third-order valence-electron chi connectivity index (χ3n) is 3.60. The number of nitrogens with zero attached hydrogens (tertiary/aromatic N) is 1. The average Bonchev–Trinajstić information content (AvgIpc) is 3.01. The summed E-state index contributed by atoms with van der Waals surface area (Å²) >= 11 is 12.2. The Hall–Kier alpha value is -1.68. The third kappa shape index (κ3) is 4.53. The number of amides is 2. The quantitative estimate of drug-likeness (QED) is 0.583. The van der Waals surface area contributed by atoms with Crippen molar-refractivity contribution in [2.45, 2.75) is 6.04 Å². The van der Waals surface area contributed by atoms with Gasteiger partial charge < -0.3 is 5.32 Å². The normalized spacial score (nSPS) is 23.0. The predicted octanol–water partition coefficient (Wildman–Crippen LogP) is 1.97. The van der Waals surface area contributed by atoms with Crippen LogP contribution in [0.25, 0.3) is 6.08 Å². The lowest BCUT2D eigenvalue weighted by Gasteiger charge is -2.16. The van der Waals surface area contributed by atoms with Gasteiger partial charge in [0.15, 0.2) is 9.84 Å². The fourth-order valence-electron chi connectivity index (χ4n) is 2.45. The minimum Gasteiger partial charge on any atom is -0.347 e. The standard InChI is InChI=1S/C16H13ClN2O4S3/c17-11-3-1-2-10(6-11)7-13-15(21)19(16(24)25-13)8-14(20)18-12-4-5-26(22,23)9-12/h1-7,12H,8-9H2,(H,18,20)/b13-7-. The maximum absolute atomic E-state index is 12.5. The van der Waals surface area contributed by atoms with E-state index in [2.05, 4.69) is 5.32 Å². The molecular weight excluding hydrogens is 416 g/mol. The Balaban J connectivity index is 1.66. The lowest BCUT2D eigenvalue weighted by Crippen LogP contribution is -2.43. The van der Waals surface area contributed by atoms with Gasteiger partial charge in [-0.05, 0) is 29.8 Å². The van der Waals surface area contributed by atoms with Gasteiger partial charge in [-0.2, -0.15) is 0 Å². The molecule has 1 aromatic carbocycles. The van der Waals surface area contributed by atoms with Gasteiger partial charge in [-0.15, -0.1) is 0 Å². The van der Waals surface area contributed by atoms with Crippen LogP contribution in [0.2, 0.25) is 5.02 Å². The van der Waals surface area contributed by atoms with Crippen LogP contribution in [0.5, 0.6) is 0 Å². The number of carbonyl (C=O) groups excluding carboxylic acids is 2. The summed E-state index contributed by atoms with van der Waals surface area (Å²) in [6.07, 6.45) is 3.08. The summed E-state index contributed by atoms with van der Waals surface area (Å²) in [5, 5.41) is 4.19. The van der Waals surface area contributed by atoms with E-state index >= 15 is 0 Å². The molecule has 0 saturated carbocycles. The topological polar surface area (TPSA) is 83.6 Å². The molecule has 6 nitrogen and oxygen atoms in total. The molecule has 26 heavy (non-hydrogen) atoms. The van der Waals surface area contributed by atoms with Crippen LogP contribution in [0.15, 0.2) is 40.7 Å². The molecule has 2 aliphatic heterocycles. The summed E-state index contributed by atoms with van der Waals surface area (Å²) in [6, 6.07) is 6.43. The highest BCUT2D eigenvalue weighted by molar-refractivity contribution is 8.26. The first-order valence-corrected chi connectivity index (χ1v) is 10.8. The smallest absolute Gasteiger partial charge is 0.266 e. The maximum atomic E-state index is 12.5. The van der Waals surface area contributed by atoms with Crippen molar-refractivity contribution in [3.63, 3.8) is 0 Å². The molecule has 0 bridgehead atoms. The summed E-state index contributed by atoms with van der Waals surface area (Å²) in [5.74, 6) is -1.02. The second-order valence-corrected chi connectivity index (χ2v) is 9.70. The van der Waals surface area contributed by atoms with Gasteiger partial charge in [-0.1, -0.05) is 47.7 Å². The Morgan fingerprint density at radius 3 is 2.88 bits per heavy atom. The number of halogens is 1. The first-order valence-electron chi connectivity index (χ1n) is 7.45. The van der Waals surface area contributed by atoms with E-state index in [9.17, 15) is 18.0 Å². The minimum atomic E-state index is -3.26. The van der Waals surface area contributed by atoms with Gasteiger partial charge in [0.1, 0.15) is 10.9 Å². The Morgan fingerprint density at radius 2 is 2.23 bits per heavy atom. The van der Waals surface area contributed by atoms with Crippen molar-refractivity contribution in [1.82, 2.24) is 10.2 Å². The molecule has 1 fully saturated rings. The second kappa shape index (κ2) is 7.51. The molecule has 1 saturated heterocycles.